The maximum Gasteiger partial charge on any atom is 0.0947 e. The number of hydrogen-bond donors (Lipinski definition) is 2. The van der Waals surface area contributed by atoms with Gasteiger partial charge in [-0.25, -0.2) is 4.98 Å². The third-order valence-corrected chi connectivity index (χ3v) is 2.04. The minimum absolute atomic E-state index is 0.852. The number of H-pyrrole nitrogens is 1. The molecule has 0 aliphatic heterocycles. The van der Waals surface area contributed by atoms with Gasteiger partial charge >= 0.3 is 0 Å². The summed E-state index contributed by atoms with van der Waals surface area (Å²) in [5.74, 6) is 0. The Morgan fingerprint density at radius 3 is 3.21 bits per heavy atom. The lowest BCUT2D eigenvalue weighted by molar-refractivity contribution is 0.560. The lowest BCUT2D eigenvalue weighted by Crippen LogP contribution is -2.16. The molecule has 0 spiro atoms. The van der Waals surface area contributed by atoms with Crippen LogP contribution >= 0.6 is 0 Å². The molecule has 0 unspecified atom stereocenters. The van der Waals surface area contributed by atoms with E-state index in [1.165, 1.54) is 5.56 Å². The third-order valence-electron chi connectivity index (χ3n) is 2.04. The van der Waals surface area contributed by atoms with Crippen LogP contribution < -0.4 is 5.32 Å². The smallest absolute Gasteiger partial charge is 0.0947 e. The molecule has 2 aromatic heterocycles. The molecule has 0 bridgehead atoms. The Morgan fingerprint density at radius 1 is 1.50 bits per heavy atom. The average Bonchev–Trinajstić information content (AvgIpc) is 2.86. The molecule has 4 heteroatoms. The topological polar surface area (TPSA) is 53.9 Å². The fourth-order valence-electron chi connectivity index (χ4n) is 1.27. The third kappa shape index (κ3) is 2.47. The lowest BCUT2D eigenvalue weighted by atomic mass is 10.3. The maximum absolute atomic E-state index is 4.96. The molecule has 0 aromatic carbocycles. The summed E-state index contributed by atoms with van der Waals surface area (Å²) in [5.41, 5.74) is 2.33. The van der Waals surface area contributed by atoms with E-state index in [1.807, 2.05) is 12.3 Å². The second kappa shape index (κ2) is 4.62. The van der Waals surface area contributed by atoms with Crippen molar-refractivity contribution in [1.29, 1.82) is 0 Å². The van der Waals surface area contributed by atoms with E-state index in [9.17, 15) is 0 Å². The first kappa shape index (κ1) is 9.02. The van der Waals surface area contributed by atoms with Gasteiger partial charge in [-0.1, -0.05) is 0 Å². The molecule has 2 aromatic rings. The summed E-state index contributed by atoms with van der Waals surface area (Å²) in [6, 6.07) is 1.96. The molecule has 0 aliphatic carbocycles. The van der Waals surface area contributed by atoms with Crippen LogP contribution in [0.4, 0.5) is 0 Å². The molecule has 2 N–H and O–H groups in total. The van der Waals surface area contributed by atoms with Crippen molar-refractivity contribution in [3.63, 3.8) is 0 Å². The number of nitrogens with zero attached hydrogens (tertiary/aromatic N) is 1. The maximum atomic E-state index is 4.96. The molecule has 0 saturated carbocycles. The minimum Gasteiger partial charge on any atom is -0.472 e. The Labute approximate surface area is 82.4 Å². The van der Waals surface area contributed by atoms with E-state index < -0.39 is 0 Å². The van der Waals surface area contributed by atoms with E-state index in [0.29, 0.717) is 0 Å². The van der Waals surface area contributed by atoms with Gasteiger partial charge in [-0.15, -0.1) is 0 Å². The van der Waals surface area contributed by atoms with E-state index in [4.69, 9.17) is 4.42 Å². The van der Waals surface area contributed by atoms with Crippen LogP contribution in [0, 0.1) is 0 Å². The molecule has 4 nitrogen and oxygen atoms in total. The first-order valence-electron chi connectivity index (χ1n) is 4.64. The molecule has 0 saturated heterocycles. The number of aromatic amines is 1. The van der Waals surface area contributed by atoms with Gasteiger partial charge in [0.15, 0.2) is 0 Å². The van der Waals surface area contributed by atoms with Gasteiger partial charge in [-0.3, -0.25) is 0 Å². The van der Waals surface area contributed by atoms with Gasteiger partial charge in [-0.2, -0.15) is 0 Å². The Bertz CT molecular complexity index is 303. The SMILES string of the molecule is c1ncc(CCNCc2ccoc2)[nH]1. The Balaban J connectivity index is 1.65. The second-order valence-corrected chi connectivity index (χ2v) is 3.14. The first-order valence-corrected chi connectivity index (χ1v) is 4.64. The Morgan fingerprint density at radius 2 is 2.50 bits per heavy atom. The quantitative estimate of drug-likeness (QED) is 0.701. The highest BCUT2D eigenvalue weighted by Crippen LogP contribution is 1.98. The van der Waals surface area contributed by atoms with Crippen molar-refractivity contribution in [2.45, 2.75) is 13.0 Å². The monoisotopic (exact) mass is 191 g/mol. The summed E-state index contributed by atoms with van der Waals surface area (Å²) in [5, 5.41) is 3.32. The first-order chi connectivity index (χ1) is 6.95. The van der Waals surface area contributed by atoms with Crippen LogP contribution in [0.2, 0.25) is 0 Å². The molecular formula is C10H13N3O. The van der Waals surface area contributed by atoms with Crippen LogP contribution in [0.3, 0.4) is 0 Å². The molecule has 0 fully saturated rings. The molecule has 0 atom stereocenters. The van der Waals surface area contributed by atoms with E-state index in [2.05, 4.69) is 15.3 Å². The number of aromatic nitrogens is 2. The number of hydrogen-bond acceptors (Lipinski definition) is 3. The minimum atomic E-state index is 0.852. The molecule has 0 aliphatic rings. The van der Waals surface area contributed by atoms with Crippen molar-refractivity contribution < 1.29 is 4.42 Å². The zero-order valence-corrected chi connectivity index (χ0v) is 7.86. The highest BCUT2D eigenvalue weighted by atomic mass is 16.3. The standard InChI is InChI=1S/C10H13N3O/c1(10-6-12-8-13-10)3-11-5-9-2-4-14-7-9/h2,4,6-8,11H,1,3,5H2,(H,12,13). The second-order valence-electron chi connectivity index (χ2n) is 3.14. The van der Waals surface area contributed by atoms with Crippen LogP contribution in [0.25, 0.3) is 0 Å². The van der Waals surface area contributed by atoms with Gasteiger partial charge in [0.25, 0.3) is 0 Å². The molecular weight excluding hydrogens is 178 g/mol. The summed E-state index contributed by atoms with van der Waals surface area (Å²) in [4.78, 5) is 7.01. The zero-order chi connectivity index (χ0) is 9.64. The number of furan rings is 1. The molecule has 74 valence electrons. The van der Waals surface area contributed by atoms with Crippen LogP contribution in [0.15, 0.2) is 35.5 Å². The fraction of sp³-hybridized carbons (Fsp3) is 0.300. The van der Waals surface area contributed by atoms with Crippen molar-refractivity contribution in [1.82, 2.24) is 15.3 Å². The summed E-state index contributed by atoms with van der Waals surface area (Å²) in [6.45, 7) is 1.79. The van der Waals surface area contributed by atoms with E-state index in [1.54, 1.807) is 18.9 Å². The molecule has 2 heterocycles. The van der Waals surface area contributed by atoms with Crippen molar-refractivity contribution in [3.05, 3.63) is 42.4 Å². The molecule has 0 amide bonds. The molecule has 2 rings (SSSR count). The Hall–Kier alpha value is -1.55. The van der Waals surface area contributed by atoms with Gasteiger partial charge < -0.3 is 14.7 Å². The highest BCUT2D eigenvalue weighted by Gasteiger charge is 1.95. The van der Waals surface area contributed by atoms with Crippen molar-refractivity contribution in [3.8, 4) is 0 Å². The predicted molar refractivity (Wildman–Crippen MR) is 52.7 cm³/mol. The predicted octanol–water partition coefficient (Wildman–Crippen LogP) is 1.33. The van der Waals surface area contributed by atoms with Crippen molar-refractivity contribution >= 4 is 0 Å². The van der Waals surface area contributed by atoms with E-state index in [-0.39, 0.29) is 0 Å². The zero-order valence-electron chi connectivity index (χ0n) is 7.86. The van der Waals surface area contributed by atoms with Crippen molar-refractivity contribution in [2.24, 2.45) is 0 Å². The van der Waals surface area contributed by atoms with E-state index in [0.717, 1.165) is 25.2 Å². The number of nitrogens with one attached hydrogen (secondary N) is 2. The normalized spacial score (nSPS) is 10.6. The largest absolute Gasteiger partial charge is 0.472 e. The van der Waals surface area contributed by atoms with E-state index >= 15 is 0 Å². The van der Waals surface area contributed by atoms with Gasteiger partial charge in [0.2, 0.25) is 0 Å². The summed E-state index contributed by atoms with van der Waals surface area (Å²) in [7, 11) is 0. The van der Waals surface area contributed by atoms with Crippen LogP contribution in [-0.2, 0) is 13.0 Å². The lowest BCUT2D eigenvalue weighted by Gasteiger charge is -2.00. The average molecular weight is 191 g/mol. The van der Waals surface area contributed by atoms with Crippen LogP contribution in [-0.4, -0.2) is 16.5 Å². The van der Waals surface area contributed by atoms with Gasteiger partial charge in [0, 0.05) is 37.0 Å². The Kier molecular flexibility index (Phi) is 2.98. The highest BCUT2D eigenvalue weighted by molar-refractivity contribution is 5.04. The fourth-order valence-corrected chi connectivity index (χ4v) is 1.27. The van der Waals surface area contributed by atoms with Crippen LogP contribution in [0.5, 0.6) is 0 Å². The van der Waals surface area contributed by atoms with Gasteiger partial charge in [0.1, 0.15) is 0 Å². The summed E-state index contributed by atoms with van der Waals surface area (Å²) >= 11 is 0. The summed E-state index contributed by atoms with van der Waals surface area (Å²) < 4.78 is 4.96. The molecule has 0 radical (unpaired) electrons. The van der Waals surface area contributed by atoms with Gasteiger partial charge in [-0.05, 0) is 6.07 Å². The van der Waals surface area contributed by atoms with Crippen molar-refractivity contribution in [2.75, 3.05) is 6.54 Å². The molecule has 14 heavy (non-hydrogen) atoms. The summed E-state index contributed by atoms with van der Waals surface area (Å²) in [6.07, 6.45) is 7.96. The number of imidazole rings is 1. The number of rotatable bonds is 5. The van der Waals surface area contributed by atoms with Gasteiger partial charge in [0.05, 0.1) is 18.9 Å². The van der Waals surface area contributed by atoms with Crippen LogP contribution in [0.1, 0.15) is 11.3 Å².